The lowest BCUT2D eigenvalue weighted by Crippen LogP contribution is -2.30. The number of hydrogen-bond acceptors (Lipinski definition) is 1. The quantitative estimate of drug-likeness (QED) is 0.480. The van der Waals surface area contributed by atoms with Gasteiger partial charge in [0, 0.05) is 19.5 Å². The summed E-state index contributed by atoms with van der Waals surface area (Å²) in [6.07, 6.45) is 3.28. The molecule has 2 heteroatoms. The molecule has 0 aliphatic carbocycles. The van der Waals surface area contributed by atoms with Crippen LogP contribution in [0.25, 0.3) is 0 Å². The standard InChI is InChI=1S/C9H20N2/c1-4-7-8-11(6-3)9(10)5-2/h10H,4-8H2,1-3H3. The molecule has 0 unspecified atom stereocenters. The Bertz CT molecular complexity index is 110. The van der Waals surface area contributed by atoms with Crippen LogP contribution in [0.4, 0.5) is 0 Å². The second-order valence-corrected chi connectivity index (χ2v) is 2.73. The summed E-state index contributed by atoms with van der Waals surface area (Å²) in [7, 11) is 0. The Hall–Kier alpha value is -0.530. The van der Waals surface area contributed by atoms with E-state index in [1.54, 1.807) is 0 Å². The van der Waals surface area contributed by atoms with E-state index in [4.69, 9.17) is 5.41 Å². The van der Waals surface area contributed by atoms with Crippen LogP contribution in [0.15, 0.2) is 0 Å². The second kappa shape index (κ2) is 6.20. The van der Waals surface area contributed by atoms with E-state index in [-0.39, 0.29) is 0 Å². The Labute approximate surface area is 70.1 Å². The lowest BCUT2D eigenvalue weighted by molar-refractivity contribution is 0.418. The highest BCUT2D eigenvalue weighted by molar-refractivity contribution is 5.78. The number of hydrogen-bond donors (Lipinski definition) is 1. The first kappa shape index (κ1) is 10.5. The fraction of sp³-hybridized carbons (Fsp3) is 0.889. The van der Waals surface area contributed by atoms with E-state index in [2.05, 4.69) is 18.7 Å². The lowest BCUT2D eigenvalue weighted by Gasteiger charge is -2.22. The molecule has 0 aromatic carbocycles. The molecule has 0 amide bonds. The summed E-state index contributed by atoms with van der Waals surface area (Å²) in [6.45, 7) is 8.37. The van der Waals surface area contributed by atoms with E-state index in [0.29, 0.717) is 0 Å². The van der Waals surface area contributed by atoms with Gasteiger partial charge in [-0.15, -0.1) is 0 Å². The summed E-state index contributed by atoms with van der Waals surface area (Å²) >= 11 is 0. The van der Waals surface area contributed by atoms with Crippen LogP contribution in [0.2, 0.25) is 0 Å². The highest BCUT2D eigenvalue weighted by Gasteiger charge is 2.02. The molecule has 11 heavy (non-hydrogen) atoms. The van der Waals surface area contributed by atoms with Crippen LogP contribution >= 0.6 is 0 Å². The van der Waals surface area contributed by atoms with Gasteiger partial charge >= 0.3 is 0 Å². The van der Waals surface area contributed by atoms with Gasteiger partial charge in [-0.1, -0.05) is 20.3 Å². The van der Waals surface area contributed by atoms with Crippen LogP contribution < -0.4 is 0 Å². The van der Waals surface area contributed by atoms with Crippen molar-refractivity contribution in [1.29, 1.82) is 5.41 Å². The average molecular weight is 156 g/mol. The van der Waals surface area contributed by atoms with Gasteiger partial charge in [0.2, 0.25) is 0 Å². The molecule has 0 aliphatic rings. The average Bonchev–Trinajstić information content (AvgIpc) is 2.05. The number of amidine groups is 1. The molecule has 1 N–H and O–H groups in total. The van der Waals surface area contributed by atoms with Crippen molar-refractivity contribution < 1.29 is 0 Å². The Kier molecular flexibility index (Phi) is 5.90. The summed E-state index contributed by atoms with van der Waals surface area (Å²) in [5, 5.41) is 7.60. The van der Waals surface area contributed by atoms with Crippen molar-refractivity contribution in [2.24, 2.45) is 0 Å². The highest BCUT2D eigenvalue weighted by Crippen LogP contribution is 1.97. The topological polar surface area (TPSA) is 27.1 Å². The molecule has 0 spiro atoms. The highest BCUT2D eigenvalue weighted by atomic mass is 15.2. The van der Waals surface area contributed by atoms with Crippen molar-refractivity contribution in [2.45, 2.75) is 40.0 Å². The number of unbranched alkanes of at least 4 members (excludes halogenated alkanes) is 1. The maximum absolute atomic E-state index is 7.60. The van der Waals surface area contributed by atoms with Gasteiger partial charge < -0.3 is 4.90 Å². The SMILES string of the molecule is CCCCN(CC)C(=N)CC. The molecule has 0 heterocycles. The minimum absolute atomic E-state index is 0.779. The van der Waals surface area contributed by atoms with Gasteiger partial charge in [0.15, 0.2) is 0 Å². The summed E-state index contributed by atoms with van der Waals surface area (Å²) in [4.78, 5) is 2.14. The molecule has 66 valence electrons. The molecule has 0 saturated heterocycles. The fourth-order valence-electron chi connectivity index (χ4n) is 1.06. The van der Waals surface area contributed by atoms with Crippen molar-refractivity contribution in [2.75, 3.05) is 13.1 Å². The Morgan fingerprint density at radius 3 is 2.27 bits per heavy atom. The molecule has 0 saturated carbocycles. The van der Waals surface area contributed by atoms with Crippen LogP contribution in [-0.2, 0) is 0 Å². The van der Waals surface area contributed by atoms with Crippen LogP contribution in [0, 0.1) is 5.41 Å². The van der Waals surface area contributed by atoms with Gasteiger partial charge in [0.1, 0.15) is 0 Å². The maximum Gasteiger partial charge on any atom is 0.0954 e. The van der Waals surface area contributed by atoms with Crippen molar-refractivity contribution in [3.63, 3.8) is 0 Å². The van der Waals surface area contributed by atoms with E-state index < -0.39 is 0 Å². The van der Waals surface area contributed by atoms with Crippen LogP contribution in [-0.4, -0.2) is 23.8 Å². The van der Waals surface area contributed by atoms with Gasteiger partial charge in [0.25, 0.3) is 0 Å². The Morgan fingerprint density at radius 1 is 1.27 bits per heavy atom. The van der Waals surface area contributed by atoms with Crippen molar-refractivity contribution in [3.05, 3.63) is 0 Å². The van der Waals surface area contributed by atoms with E-state index in [1.165, 1.54) is 12.8 Å². The van der Waals surface area contributed by atoms with Crippen molar-refractivity contribution >= 4 is 5.84 Å². The Morgan fingerprint density at radius 2 is 1.91 bits per heavy atom. The molecule has 0 aromatic heterocycles. The van der Waals surface area contributed by atoms with Gasteiger partial charge in [-0.2, -0.15) is 0 Å². The van der Waals surface area contributed by atoms with Gasteiger partial charge in [-0.3, -0.25) is 5.41 Å². The minimum Gasteiger partial charge on any atom is -0.361 e. The zero-order chi connectivity index (χ0) is 8.69. The Balaban J connectivity index is 3.65. The van der Waals surface area contributed by atoms with Gasteiger partial charge in [0.05, 0.1) is 5.84 Å². The molecule has 0 fully saturated rings. The number of rotatable bonds is 5. The second-order valence-electron chi connectivity index (χ2n) is 2.73. The third-order valence-electron chi connectivity index (χ3n) is 1.88. The third-order valence-corrected chi connectivity index (χ3v) is 1.88. The monoisotopic (exact) mass is 156 g/mol. The molecule has 0 bridgehead atoms. The maximum atomic E-state index is 7.60. The summed E-state index contributed by atoms with van der Waals surface area (Å²) in [5.74, 6) is 0.779. The van der Waals surface area contributed by atoms with E-state index >= 15 is 0 Å². The largest absolute Gasteiger partial charge is 0.361 e. The number of nitrogens with one attached hydrogen (secondary N) is 1. The van der Waals surface area contributed by atoms with Crippen molar-refractivity contribution in [3.8, 4) is 0 Å². The predicted molar refractivity (Wildman–Crippen MR) is 50.2 cm³/mol. The zero-order valence-corrected chi connectivity index (χ0v) is 7.98. The first-order valence-electron chi connectivity index (χ1n) is 4.58. The van der Waals surface area contributed by atoms with Crippen molar-refractivity contribution in [1.82, 2.24) is 4.90 Å². The zero-order valence-electron chi connectivity index (χ0n) is 7.98. The van der Waals surface area contributed by atoms with Crippen LogP contribution in [0.3, 0.4) is 0 Å². The summed E-state index contributed by atoms with van der Waals surface area (Å²) in [6, 6.07) is 0. The first-order valence-corrected chi connectivity index (χ1v) is 4.58. The van der Waals surface area contributed by atoms with Gasteiger partial charge in [-0.25, -0.2) is 0 Å². The van der Waals surface area contributed by atoms with E-state index in [1.807, 2.05) is 6.92 Å². The summed E-state index contributed by atoms with van der Waals surface area (Å²) in [5.41, 5.74) is 0. The molecule has 0 radical (unpaired) electrons. The molecular weight excluding hydrogens is 136 g/mol. The van der Waals surface area contributed by atoms with Gasteiger partial charge in [-0.05, 0) is 13.3 Å². The fourth-order valence-corrected chi connectivity index (χ4v) is 1.06. The van der Waals surface area contributed by atoms with Crippen LogP contribution in [0.5, 0.6) is 0 Å². The third kappa shape index (κ3) is 4.02. The molecule has 0 atom stereocenters. The normalized spacial score (nSPS) is 9.73. The van der Waals surface area contributed by atoms with Crippen LogP contribution in [0.1, 0.15) is 40.0 Å². The smallest absolute Gasteiger partial charge is 0.0954 e. The van der Waals surface area contributed by atoms with E-state index in [9.17, 15) is 0 Å². The molecule has 0 aliphatic heterocycles. The molecule has 2 nitrogen and oxygen atoms in total. The molecule has 0 aromatic rings. The molecule has 0 rings (SSSR count). The first-order chi connectivity index (χ1) is 5.26. The minimum atomic E-state index is 0.779. The lowest BCUT2D eigenvalue weighted by atomic mass is 10.3. The van der Waals surface area contributed by atoms with E-state index in [0.717, 1.165) is 25.3 Å². The molecular formula is C9H20N2. The summed E-state index contributed by atoms with van der Waals surface area (Å²) < 4.78 is 0. The number of nitrogens with zero attached hydrogens (tertiary/aromatic N) is 1. The predicted octanol–water partition coefficient (Wildman–Crippen LogP) is 2.50.